The lowest BCUT2D eigenvalue weighted by Gasteiger charge is -2.29. The smallest absolute Gasteiger partial charge is 0.321 e. The summed E-state index contributed by atoms with van der Waals surface area (Å²) in [5.41, 5.74) is -0.243. The first kappa shape index (κ1) is 25.0. The van der Waals surface area contributed by atoms with Gasteiger partial charge in [0.2, 0.25) is 0 Å². The van der Waals surface area contributed by atoms with Crippen molar-refractivity contribution in [2.24, 2.45) is 5.92 Å². The average molecular weight is 474 g/mol. The molecule has 0 aromatic carbocycles. The van der Waals surface area contributed by atoms with Crippen LogP contribution in [-0.2, 0) is 24.1 Å². The summed E-state index contributed by atoms with van der Waals surface area (Å²) in [4.78, 5) is 28.8. The summed E-state index contributed by atoms with van der Waals surface area (Å²) < 4.78 is 42.8. The fourth-order valence-corrected chi connectivity index (χ4v) is 5.79. The van der Waals surface area contributed by atoms with Crippen molar-refractivity contribution in [2.45, 2.75) is 51.4 Å². The van der Waals surface area contributed by atoms with E-state index in [0.717, 1.165) is 17.6 Å². The molecule has 1 aliphatic carbocycles. The van der Waals surface area contributed by atoms with Crippen molar-refractivity contribution in [1.29, 1.82) is 0 Å². The lowest BCUT2D eigenvalue weighted by Crippen LogP contribution is -2.37. The Morgan fingerprint density at radius 1 is 1.39 bits per heavy atom. The summed E-state index contributed by atoms with van der Waals surface area (Å²) in [6.07, 6.45) is 4.75. The summed E-state index contributed by atoms with van der Waals surface area (Å²) in [5.74, 6) is -1.55. The van der Waals surface area contributed by atoms with Gasteiger partial charge in [-0.3, -0.25) is 10.1 Å². The highest BCUT2D eigenvalue weighted by molar-refractivity contribution is 7.92. The van der Waals surface area contributed by atoms with Gasteiger partial charge in [0.25, 0.3) is 0 Å². The van der Waals surface area contributed by atoms with E-state index in [1.54, 1.807) is 34.6 Å². The molecule has 0 fully saturated rings. The molecular weight excluding hydrogens is 445 g/mol. The number of ether oxygens (including phenoxy) is 1. The van der Waals surface area contributed by atoms with Crippen LogP contribution in [0.5, 0.6) is 0 Å². The third-order valence-electron chi connectivity index (χ3n) is 4.52. The Morgan fingerprint density at radius 3 is 2.58 bits per heavy atom. The first-order valence-corrected chi connectivity index (χ1v) is 12.3. The van der Waals surface area contributed by atoms with Gasteiger partial charge in [0.05, 0.1) is 16.5 Å². The second kappa shape index (κ2) is 9.07. The second-order valence-corrected chi connectivity index (χ2v) is 11.8. The molecule has 11 heteroatoms. The van der Waals surface area contributed by atoms with E-state index in [-0.39, 0.29) is 18.1 Å². The summed E-state index contributed by atoms with van der Waals surface area (Å²) in [5, 5.41) is 5.28. The Kier molecular flexibility index (Phi) is 7.32. The van der Waals surface area contributed by atoms with Crippen molar-refractivity contribution in [3.63, 3.8) is 0 Å². The van der Waals surface area contributed by atoms with Crippen LogP contribution >= 0.6 is 11.3 Å². The van der Waals surface area contributed by atoms with Crippen molar-refractivity contribution in [3.05, 3.63) is 34.6 Å². The maximum atomic E-state index is 14.0. The molecule has 2 amide bonds. The SMILES string of the molecule is Cc1nc(NC(=O)NCC(C)C(=O)OC(C)(C)C)sc1C1(S(C)(=O)=O)C=CC=C(F)C1. The lowest BCUT2D eigenvalue weighted by atomic mass is 9.96. The minimum Gasteiger partial charge on any atom is -0.460 e. The number of amides is 2. The molecule has 0 aliphatic heterocycles. The maximum absolute atomic E-state index is 14.0. The number of aromatic nitrogens is 1. The number of hydrogen-bond donors (Lipinski definition) is 2. The van der Waals surface area contributed by atoms with Crippen LogP contribution in [0.3, 0.4) is 0 Å². The number of esters is 1. The molecule has 0 bridgehead atoms. The molecule has 31 heavy (non-hydrogen) atoms. The molecule has 172 valence electrons. The van der Waals surface area contributed by atoms with Crippen LogP contribution < -0.4 is 10.6 Å². The van der Waals surface area contributed by atoms with Crippen LogP contribution in [0.1, 0.15) is 44.7 Å². The minimum atomic E-state index is -3.73. The van der Waals surface area contributed by atoms with Gasteiger partial charge < -0.3 is 10.1 Å². The Morgan fingerprint density at radius 2 is 2.03 bits per heavy atom. The molecule has 8 nitrogen and oxygen atoms in total. The highest BCUT2D eigenvalue weighted by atomic mass is 32.2. The van der Waals surface area contributed by atoms with Crippen molar-refractivity contribution >= 4 is 38.3 Å². The van der Waals surface area contributed by atoms with Gasteiger partial charge in [-0.15, -0.1) is 0 Å². The van der Waals surface area contributed by atoms with Crippen LogP contribution in [-0.4, -0.2) is 43.8 Å². The van der Waals surface area contributed by atoms with Crippen molar-refractivity contribution in [3.8, 4) is 0 Å². The predicted octanol–water partition coefficient (Wildman–Crippen LogP) is 3.60. The predicted molar refractivity (Wildman–Crippen MR) is 118 cm³/mol. The molecule has 2 atom stereocenters. The quantitative estimate of drug-likeness (QED) is 0.610. The van der Waals surface area contributed by atoms with Crippen molar-refractivity contribution < 1.29 is 27.1 Å². The summed E-state index contributed by atoms with van der Waals surface area (Å²) in [6.45, 7) is 8.56. The topological polar surface area (TPSA) is 114 Å². The van der Waals surface area contributed by atoms with Gasteiger partial charge in [0.1, 0.15) is 16.2 Å². The zero-order valence-corrected chi connectivity index (χ0v) is 20.0. The number of sulfone groups is 1. The van der Waals surface area contributed by atoms with Gasteiger partial charge in [0, 0.05) is 19.2 Å². The number of nitrogens with one attached hydrogen (secondary N) is 2. The Bertz CT molecular complexity index is 1020. The summed E-state index contributed by atoms with van der Waals surface area (Å²) >= 11 is 0.972. The molecule has 0 saturated carbocycles. The zero-order valence-electron chi connectivity index (χ0n) is 18.4. The number of carbonyl (C=O) groups is 2. The molecule has 1 aromatic heterocycles. The minimum absolute atomic E-state index is 0.0456. The fourth-order valence-electron chi connectivity index (χ4n) is 2.97. The molecule has 2 unspecified atom stereocenters. The monoisotopic (exact) mass is 473 g/mol. The number of halogens is 1. The summed E-state index contributed by atoms with van der Waals surface area (Å²) in [6, 6.07) is -0.602. The number of anilines is 1. The van der Waals surface area contributed by atoms with Crippen LogP contribution in [0.2, 0.25) is 0 Å². The number of urea groups is 1. The largest absolute Gasteiger partial charge is 0.460 e. The standard InChI is InChI=1S/C20H28FN3O5S2/c1-12(16(25)29-19(3,4)5)11-22-17(26)24-18-23-13(2)15(30-18)20(31(6,27)28)9-7-8-14(21)10-20/h7-9,12H,10-11H2,1-6H3,(H2,22,23,24,26). The van der Waals surface area contributed by atoms with Crippen molar-refractivity contribution in [2.75, 3.05) is 18.1 Å². The van der Waals surface area contributed by atoms with E-state index in [1.807, 2.05) is 0 Å². The molecule has 0 saturated heterocycles. The zero-order chi connectivity index (χ0) is 23.6. The highest BCUT2D eigenvalue weighted by Gasteiger charge is 2.45. The molecular formula is C20H28FN3O5S2. The van der Waals surface area contributed by atoms with E-state index < -0.39 is 43.9 Å². The molecule has 2 rings (SSSR count). The number of thiazole rings is 1. The molecule has 1 aromatic rings. The van der Waals surface area contributed by atoms with E-state index in [4.69, 9.17) is 4.74 Å². The molecule has 0 radical (unpaired) electrons. The van der Waals surface area contributed by atoms with E-state index >= 15 is 0 Å². The molecule has 1 aliphatic rings. The molecule has 2 N–H and O–H groups in total. The van der Waals surface area contributed by atoms with E-state index in [9.17, 15) is 22.4 Å². The highest BCUT2D eigenvalue weighted by Crippen LogP contribution is 2.45. The number of rotatable bonds is 6. The number of hydrogen-bond acceptors (Lipinski definition) is 7. The number of aryl methyl sites for hydroxylation is 1. The van der Waals surface area contributed by atoms with Gasteiger partial charge >= 0.3 is 12.0 Å². The second-order valence-electron chi connectivity index (χ2n) is 8.51. The Labute approximate surface area is 185 Å². The Hall–Kier alpha value is -2.27. The van der Waals surface area contributed by atoms with Crippen molar-refractivity contribution in [1.82, 2.24) is 10.3 Å². The van der Waals surface area contributed by atoms with E-state index in [1.165, 1.54) is 18.2 Å². The third-order valence-corrected chi connectivity index (χ3v) is 7.70. The third kappa shape index (κ3) is 6.13. The first-order valence-electron chi connectivity index (χ1n) is 9.64. The van der Waals surface area contributed by atoms with Gasteiger partial charge in [-0.1, -0.05) is 30.4 Å². The maximum Gasteiger partial charge on any atom is 0.321 e. The van der Waals surface area contributed by atoms with Gasteiger partial charge in [-0.05, 0) is 33.8 Å². The van der Waals surface area contributed by atoms with E-state index in [2.05, 4.69) is 15.6 Å². The van der Waals surface area contributed by atoms with Gasteiger partial charge in [0.15, 0.2) is 15.0 Å². The van der Waals surface area contributed by atoms with Gasteiger partial charge in [-0.25, -0.2) is 22.6 Å². The normalized spacial score (nSPS) is 20.0. The number of nitrogens with zero attached hydrogens (tertiary/aromatic N) is 1. The number of allylic oxidation sites excluding steroid dienone is 3. The van der Waals surface area contributed by atoms with E-state index in [0.29, 0.717) is 10.6 Å². The summed E-state index contributed by atoms with van der Waals surface area (Å²) in [7, 11) is -3.73. The average Bonchev–Trinajstić information content (AvgIpc) is 2.97. The fraction of sp³-hybridized carbons (Fsp3) is 0.550. The van der Waals surface area contributed by atoms with Crippen LogP contribution in [0.4, 0.5) is 14.3 Å². The van der Waals surface area contributed by atoms with Crippen LogP contribution in [0.25, 0.3) is 0 Å². The molecule has 0 spiro atoms. The van der Waals surface area contributed by atoms with Crippen LogP contribution in [0, 0.1) is 12.8 Å². The van der Waals surface area contributed by atoms with Crippen LogP contribution in [0.15, 0.2) is 24.1 Å². The van der Waals surface area contributed by atoms with Gasteiger partial charge in [-0.2, -0.15) is 0 Å². The molecule has 1 heterocycles. The Balaban J connectivity index is 2.11. The first-order chi connectivity index (χ1) is 14.1. The number of carbonyl (C=O) groups excluding carboxylic acids is 2. The lowest BCUT2D eigenvalue weighted by molar-refractivity contribution is -0.159.